The molecule has 0 saturated carbocycles. The number of unbranched alkanes of at least 4 members (excludes halogenated alkanes) is 5. The molecule has 0 heterocycles. The van der Waals surface area contributed by atoms with Gasteiger partial charge < -0.3 is 10.5 Å². The molecule has 2 N–H and O–H groups in total. The summed E-state index contributed by atoms with van der Waals surface area (Å²) in [6.07, 6.45) is 7.47. The highest BCUT2D eigenvalue weighted by Crippen LogP contribution is 2.14. The number of carbonyl (C=O) groups is 1. The van der Waals surface area contributed by atoms with E-state index < -0.39 is 0 Å². The Labute approximate surface area is 127 Å². The lowest BCUT2D eigenvalue weighted by Crippen LogP contribution is -2.09. The fourth-order valence-corrected chi connectivity index (χ4v) is 1.99. The molecule has 0 aliphatic rings. The fraction of sp³-hybridized carbons (Fsp3) is 0.529. The van der Waals surface area contributed by atoms with Crippen molar-refractivity contribution >= 4 is 11.7 Å². The molecule has 1 amide bonds. The number of carbonyl (C=O) groups excluding carboxylic acids is 1. The molecule has 0 unspecified atom stereocenters. The van der Waals surface area contributed by atoms with Crippen LogP contribution in [0.5, 0.6) is 5.75 Å². The summed E-state index contributed by atoms with van der Waals surface area (Å²) in [7, 11) is 0. The molecule has 4 nitrogen and oxygen atoms in total. The molecule has 0 radical (unpaired) electrons. The Bertz CT molecular complexity index is 448. The van der Waals surface area contributed by atoms with Gasteiger partial charge in [-0.25, -0.2) is 0 Å². The van der Waals surface area contributed by atoms with E-state index in [2.05, 4.69) is 11.9 Å². The van der Waals surface area contributed by atoms with Gasteiger partial charge >= 0.3 is 0 Å². The third-order valence-electron chi connectivity index (χ3n) is 3.15. The number of ether oxygens (including phenoxy) is 1. The third-order valence-corrected chi connectivity index (χ3v) is 3.15. The minimum Gasteiger partial charge on any atom is -0.494 e. The summed E-state index contributed by atoms with van der Waals surface area (Å²) in [5.74, 6) is 0.731. The average Bonchev–Trinajstić information content (AvgIpc) is 2.46. The predicted molar refractivity (Wildman–Crippen MR) is 86.9 cm³/mol. The van der Waals surface area contributed by atoms with Gasteiger partial charge in [-0.2, -0.15) is 4.99 Å². The predicted octanol–water partition coefficient (Wildman–Crippen LogP) is 3.94. The SMILES string of the molecule is CCCCCCCCOc1ccc(C(=O)N=C(C)N)cc1. The molecule has 0 spiro atoms. The number of nitrogens with two attached hydrogens (primary N) is 1. The first-order valence-electron chi connectivity index (χ1n) is 7.71. The van der Waals surface area contributed by atoms with Gasteiger partial charge in [0.05, 0.1) is 6.61 Å². The third kappa shape index (κ3) is 7.49. The van der Waals surface area contributed by atoms with Crippen molar-refractivity contribution in [2.24, 2.45) is 10.7 Å². The Balaban J connectivity index is 2.28. The van der Waals surface area contributed by atoms with Crippen molar-refractivity contribution in [1.82, 2.24) is 0 Å². The van der Waals surface area contributed by atoms with Crippen LogP contribution in [-0.2, 0) is 0 Å². The van der Waals surface area contributed by atoms with E-state index in [1.54, 1.807) is 31.2 Å². The van der Waals surface area contributed by atoms with Crippen LogP contribution >= 0.6 is 0 Å². The van der Waals surface area contributed by atoms with Crippen LogP contribution in [0.4, 0.5) is 0 Å². The molecule has 4 heteroatoms. The molecular weight excluding hydrogens is 264 g/mol. The van der Waals surface area contributed by atoms with Crippen LogP contribution in [0.25, 0.3) is 0 Å². The van der Waals surface area contributed by atoms with Gasteiger partial charge in [0, 0.05) is 5.56 Å². The lowest BCUT2D eigenvalue weighted by atomic mass is 10.1. The Morgan fingerprint density at radius 1 is 1.10 bits per heavy atom. The van der Waals surface area contributed by atoms with Crippen molar-refractivity contribution < 1.29 is 9.53 Å². The Morgan fingerprint density at radius 3 is 2.33 bits per heavy atom. The molecule has 0 aromatic heterocycles. The van der Waals surface area contributed by atoms with E-state index in [9.17, 15) is 4.79 Å². The summed E-state index contributed by atoms with van der Waals surface area (Å²) in [6.45, 7) is 4.53. The van der Waals surface area contributed by atoms with Crippen LogP contribution in [-0.4, -0.2) is 18.3 Å². The average molecular weight is 290 g/mol. The number of hydrogen-bond donors (Lipinski definition) is 1. The van der Waals surface area contributed by atoms with Crippen molar-refractivity contribution in [2.45, 2.75) is 52.4 Å². The van der Waals surface area contributed by atoms with Crippen LogP contribution < -0.4 is 10.5 Å². The van der Waals surface area contributed by atoms with Gasteiger partial charge in [0.15, 0.2) is 0 Å². The largest absolute Gasteiger partial charge is 0.494 e. The lowest BCUT2D eigenvalue weighted by Gasteiger charge is -2.06. The fourth-order valence-electron chi connectivity index (χ4n) is 1.99. The number of nitrogens with zero attached hydrogens (tertiary/aromatic N) is 1. The lowest BCUT2D eigenvalue weighted by molar-refractivity contribution is 0.100. The van der Waals surface area contributed by atoms with Crippen LogP contribution in [0.15, 0.2) is 29.3 Å². The van der Waals surface area contributed by atoms with E-state index in [1.807, 2.05) is 0 Å². The summed E-state index contributed by atoms with van der Waals surface area (Å²) >= 11 is 0. The van der Waals surface area contributed by atoms with E-state index in [1.165, 1.54) is 32.1 Å². The number of amidine groups is 1. The Kier molecular flexibility index (Phi) is 8.17. The minimum atomic E-state index is -0.322. The second-order valence-electron chi connectivity index (χ2n) is 5.20. The van der Waals surface area contributed by atoms with Gasteiger partial charge in [-0.15, -0.1) is 0 Å². The Hall–Kier alpha value is -1.84. The molecule has 0 fully saturated rings. The van der Waals surface area contributed by atoms with E-state index in [0.29, 0.717) is 5.56 Å². The normalized spacial score (nSPS) is 11.4. The summed E-state index contributed by atoms with van der Waals surface area (Å²) in [4.78, 5) is 15.3. The first-order valence-corrected chi connectivity index (χ1v) is 7.71. The molecule has 0 aliphatic heterocycles. The monoisotopic (exact) mass is 290 g/mol. The second kappa shape index (κ2) is 9.97. The topological polar surface area (TPSA) is 64.7 Å². The van der Waals surface area contributed by atoms with Gasteiger partial charge in [-0.05, 0) is 37.6 Å². The molecule has 1 aromatic rings. The molecule has 1 rings (SSSR count). The zero-order chi connectivity index (χ0) is 15.5. The smallest absolute Gasteiger partial charge is 0.278 e. The van der Waals surface area contributed by atoms with E-state index in [-0.39, 0.29) is 11.7 Å². The molecule has 21 heavy (non-hydrogen) atoms. The first kappa shape index (κ1) is 17.2. The van der Waals surface area contributed by atoms with E-state index in [0.717, 1.165) is 18.8 Å². The minimum absolute atomic E-state index is 0.267. The highest BCUT2D eigenvalue weighted by Gasteiger charge is 2.04. The van der Waals surface area contributed by atoms with Crippen molar-refractivity contribution in [3.63, 3.8) is 0 Å². The molecule has 0 bridgehead atoms. The van der Waals surface area contributed by atoms with Crippen molar-refractivity contribution in [2.75, 3.05) is 6.61 Å². The van der Waals surface area contributed by atoms with Crippen molar-refractivity contribution in [3.05, 3.63) is 29.8 Å². The summed E-state index contributed by atoms with van der Waals surface area (Å²) in [5, 5.41) is 0. The first-order chi connectivity index (χ1) is 10.1. The van der Waals surface area contributed by atoms with Gasteiger partial charge in [0.25, 0.3) is 5.91 Å². The summed E-state index contributed by atoms with van der Waals surface area (Å²) in [6, 6.07) is 7.02. The quantitative estimate of drug-likeness (QED) is 0.425. The summed E-state index contributed by atoms with van der Waals surface area (Å²) < 4.78 is 5.66. The highest BCUT2D eigenvalue weighted by molar-refractivity contribution is 6.02. The highest BCUT2D eigenvalue weighted by atomic mass is 16.5. The number of hydrogen-bond acceptors (Lipinski definition) is 2. The second-order valence-corrected chi connectivity index (χ2v) is 5.20. The summed E-state index contributed by atoms with van der Waals surface area (Å²) in [5.41, 5.74) is 5.91. The number of amides is 1. The maximum atomic E-state index is 11.6. The molecule has 0 atom stereocenters. The van der Waals surface area contributed by atoms with Crippen LogP contribution in [0.1, 0.15) is 62.7 Å². The number of aliphatic imine (C=N–C) groups is 1. The standard InChI is InChI=1S/C17H26N2O2/c1-3-4-5-6-7-8-13-21-16-11-9-15(10-12-16)17(20)19-14(2)18/h9-12H,3-8,13H2,1-2H3,(H2,18,19,20). The van der Waals surface area contributed by atoms with E-state index in [4.69, 9.17) is 10.5 Å². The van der Waals surface area contributed by atoms with Gasteiger partial charge in [0.2, 0.25) is 0 Å². The Morgan fingerprint density at radius 2 is 1.71 bits per heavy atom. The zero-order valence-electron chi connectivity index (χ0n) is 13.1. The number of rotatable bonds is 9. The van der Waals surface area contributed by atoms with E-state index >= 15 is 0 Å². The molecule has 116 valence electrons. The van der Waals surface area contributed by atoms with Gasteiger partial charge in [0.1, 0.15) is 11.6 Å². The molecule has 0 aliphatic carbocycles. The molecule has 0 saturated heterocycles. The van der Waals surface area contributed by atoms with Crippen molar-refractivity contribution in [3.8, 4) is 5.75 Å². The van der Waals surface area contributed by atoms with Crippen LogP contribution in [0.3, 0.4) is 0 Å². The molecule has 1 aromatic carbocycles. The maximum Gasteiger partial charge on any atom is 0.278 e. The zero-order valence-corrected chi connectivity index (χ0v) is 13.1. The molecular formula is C17H26N2O2. The van der Waals surface area contributed by atoms with Crippen molar-refractivity contribution in [1.29, 1.82) is 0 Å². The van der Waals surface area contributed by atoms with Gasteiger partial charge in [-0.1, -0.05) is 39.0 Å². The maximum absolute atomic E-state index is 11.6. The van der Waals surface area contributed by atoms with Crippen LogP contribution in [0, 0.1) is 0 Å². The van der Waals surface area contributed by atoms with Gasteiger partial charge in [-0.3, -0.25) is 4.79 Å². The number of benzene rings is 1. The van der Waals surface area contributed by atoms with Crippen LogP contribution in [0.2, 0.25) is 0 Å².